The minimum atomic E-state index is -0.318. The Morgan fingerprint density at radius 1 is 1.37 bits per heavy atom. The maximum Gasteiger partial charge on any atom is 0.250 e. The molecule has 0 aromatic carbocycles. The number of hydrogen-bond donors (Lipinski definition) is 1. The van der Waals surface area contributed by atoms with Gasteiger partial charge in [-0.1, -0.05) is 20.3 Å². The van der Waals surface area contributed by atoms with Crippen molar-refractivity contribution in [1.29, 1.82) is 0 Å². The number of hydrogen-bond acceptors (Lipinski definition) is 3. The molecule has 2 rings (SSSR count). The quantitative estimate of drug-likeness (QED) is 0.886. The molecule has 4 heteroatoms. The first kappa shape index (κ1) is 14.3. The molecule has 0 saturated heterocycles. The molecule has 19 heavy (non-hydrogen) atoms. The fourth-order valence-electron chi connectivity index (χ4n) is 2.34. The predicted molar refractivity (Wildman–Crippen MR) is 73.7 cm³/mol. The highest BCUT2D eigenvalue weighted by molar-refractivity contribution is 5.23. The lowest BCUT2D eigenvalue weighted by Crippen LogP contribution is -2.24. The average Bonchev–Trinajstić information content (AvgIpc) is 2.41. The smallest absolute Gasteiger partial charge is 0.250 e. The van der Waals surface area contributed by atoms with Gasteiger partial charge in [0.05, 0.1) is 0 Å². The lowest BCUT2D eigenvalue weighted by atomic mass is 9.98. The van der Waals surface area contributed by atoms with E-state index in [4.69, 9.17) is 4.74 Å². The first-order chi connectivity index (χ1) is 9.16. The lowest BCUT2D eigenvalue weighted by molar-refractivity contribution is 0.141. The molecule has 0 unspecified atom stereocenters. The summed E-state index contributed by atoms with van der Waals surface area (Å²) in [4.78, 5) is 4.04. The van der Waals surface area contributed by atoms with Gasteiger partial charge in [0.25, 0.3) is 5.88 Å². The Kier molecular flexibility index (Phi) is 5.14. The molecule has 1 aliphatic rings. The summed E-state index contributed by atoms with van der Waals surface area (Å²) in [6.45, 7) is 4.59. The molecule has 0 amide bonds. The van der Waals surface area contributed by atoms with Crippen molar-refractivity contribution in [3.05, 3.63) is 23.6 Å². The Morgan fingerprint density at radius 3 is 2.79 bits per heavy atom. The predicted octanol–water partition coefficient (Wildman–Crippen LogP) is 3.43. The van der Waals surface area contributed by atoms with Gasteiger partial charge in [-0.3, -0.25) is 0 Å². The number of ether oxygens (including phenoxy) is 1. The molecule has 0 bridgehead atoms. The van der Waals surface area contributed by atoms with Crippen LogP contribution in [0.4, 0.5) is 4.39 Å². The van der Waals surface area contributed by atoms with Crippen molar-refractivity contribution in [1.82, 2.24) is 10.3 Å². The van der Waals surface area contributed by atoms with Crippen molar-refractivity contribution in [2.75, 3.05) is 0 Å². The third-order valence-corrected chi connectivity index (χ3v) is 3.47. The molecule has 1 heterocycles. The van der Waals surface area contributed by atoms with E-state index in [1.54, 1.807) is 12.3 Å². The van der Waals surface area contributed by atoms with Crippen LogP contribution in [0.3, 0.4) is 0 Å². The second-order valence-electron chi connectivity index (χ2n) is 5.50. The zero-order valence-electron chi connectivity index (χ0n) is 11.8. The Balaban J connectivity index is 2.01. The Bertz CT molecular complexity index is 403. The Labute approximate surface area is 114 Å². The monoisotopic (exact) mass is 266 g/mol. The highest BCUT2D eigenvalue weighted by atomic mass is 19.1. The van der Waals surface area contributed by atoms with E-state index < -0.39 is 0 Å². The van der Waals surface area contributed by atoms with Crippen LogP contribution >= 0.6 is 0 Å². The summed E-state index contributed by atoms with van der Waals surface area (Å²) < 4.78 is 20.0. The summed E-state index contributed by atoms with van der Waals surface area (Å²) >= 11 is 0. The summed E-state index contributed by atoms with van der Waals surface area (Å²) in [6.07, 6.45) is 7.36. The first-order valence-electron chi connectivity index (χ1n) is 7.20. The van der Waals surface area contributed by atoms with Crippen molar-refractivity contribution < 1.29 is 9.13 Å². The van der Waals surface area contributed by atoms with Gasteiger partial charge in [-0.25, -0.2) is 9.37 Å². The van der Waals surface area contributed by atoms with Crippen molar-refractivity contribution in [2.24, 2.45) is 0 Å². The van der Waals surface area contributed by atoms with E-state index in [2.05, 4.69) is 10.3 Å². The average molecular weight is 266 g/mol. The minimum Gasteiger partial charge on any atom is -0.472 e. The van der Waals surface area contributed by atoms with Gasteiger partial charge in [0.1, 0.15) is 6.10 Å². The summed E-state index contributed by atoms with van der Waals surface area (Å²) in [6, 6.07) is 2.04. The van der Waals surface area contributed by atoms with Gasteiger partial charge in [-0.05, 0) is 31.7 Å². The van der Waals surface area contributed by atoms with Crippen LogP contribution in [0.25, 0.3) is 0 Å². The molecule has 0 spiro atoms. The fraction of sp³-hybridized carbons (Fsp3) is 0.667. The van der Waals surface area contributed by atoms with Gasteiger partial charge in [0, 0.05) is 24.3 Å². The van der Waals surface area contributed by atoms with Crippen LogP contribution in [0, 0.1) is 5.82 Å². The van der Waals surface area contributed by atoms with Crippen molar-refractivity contribution in [3.63, 3.8) is 0 Å². The molecule has 1 aliphatic carbocycles. The van der Waals surface area contributed by atoms with Gasteiger partial charge >= 0.3 is 0 Å². The number of pyridine rings is 1. The van der Waals surface area contributed by atoms with E-state index in [9.17, 15) is 4.39 Å². The molecule has 3 nitrogen and oxygen atoms in total. The highest BCUT2D eigenvalue weighted by Gasteiger charge is 2.18. The molecule has 0 aliphatic heterocycles. The minimum absolute atomic E-state index is 0.129. The normalized spacial score (nSPS) is 16.8. The van der Waals surface area contributed by atoms with Crippen molar-refractivity contribution >= 4 is 0 Å². The molecular weight excluding hydrogens is 243 g/mol. The molecule has 1 fully saturated rings. The number of aromatic nitrogens is 1. The standard InChI is InChI=1S/C15H23FN2O/c1-11(2)18-10-12-8-9-17-15(14(12)16)19-13-6-4-3-5-7-13/h8-9,11,13,18H,3-7,10H2,1-2H3. The topological polar surface area (TPSA) is 34.2 Å². The fourth-order valence-corrected chi connectivity index (χ4v) is 2.34. The van der Waals surface area contributed by atoms with E-state index in [1.807, 2.05) is 13.8 Å². The summed E-state index contributed by atoms with van der Waals surface area (Å²) in [7, 11) is 0. The molecule has 1 saturated carbocycles. The zero-order chi connectivity index (χ0) is 13.7. The molecule has 0 radical (unpaired) electrons. The van der Waals surface area contributed by atoms with Gasteiger partial charge < -0.3 is 10.1 Å². The first-order valence-corrected chi connectivity index (χ1v) is 7.20. The molecule has 106 valence electrons. The number of rotatable bonds is 5. The summed E-state index contributed by atoms with van der Waals surface area (Å²) in [5.74, 6) is -0.156. The van der Waals surface area contributed by atoms with Crippen LogP contribution in [-0.2, 0) is 6.54 Å². The van der Waals surface area contributed by atoms with E-state index in [0.717, 1.165) is 12.8 Å². The summed E-state index contributed by atoms with van der Waals surface area (Å²) in [5, 5.41) is 3.21. The maximum atomic E-state index is 14.3. The third-order valence-electron chi connectivity index (χ3n) is 3.47. The van der Waals surface area contributed by atoms with Gasteiger partial charge in [0.15, 0.2) is 5.82 Å². The third kappa shape index (κ3) is 4.16. The van der Waals surface area contributed by atoms with E-state index in [1.165, 1.54) is 19.3 Å². The second-order valence-corrected chi connectivity index (χ2v) is 5.50. The molecule has 1 aromatic rings. The Hall–Kier alpha value is -1.16. The van der Waals surface area contributed by atoms with Crippen LogP contribution in [-0.4, -0.2) is 17.1 Å². The molecular formula is C15H23FN2O. The van der Waals surface area contributed by atoms with Crippen LogP contribution in [0.15, 0.2) is 12.3 Å². The largest absolute Gasteiger partial charge is 0.472 e. The van der Waals surface area contributed by atoms with Crippen LogP contribution < -0.4 is 10.1 Å². The SMILES string of the molecule is CC(C)NCc1ccnc(OC2CCCCC2)c1F. The number of nitrogens with one attached hydrogen (secondary N) is 1. The summed E-state index contributed by atoms with van der Waals surface area (Å²) in [5.41, 5.74) is 0.620. The molecule has 1 aromatic heterocycles. The van der Waals surface area contributed by atoms with Gasteiger partial charge in [-0.15, -0.1) is 0 Å². The van der Waals surface area contributed by atoms with Crippen LogP contribution in [0.1, 0.15) is 51.5 Å². The molecule has 1 N–H and O–H groups in total. The highest BCUT2D eigenvalue weighted by Crippen LogP contribution is 2.25. The lowest BCUT2D eigenvalue weighted by Gasteiger charge is -2.22. The maximum absolute atomic E-state index is 14.3. The van der Waals surface area contributed by atoms with E-state index >= 15 is 0 Å². The van der Waals surface area contributed by atoms with Crippen molar-refractivity contribution in [2.45, 2.75) is 64.6 Å². The Morgan fingerprint density at radius 2 is 2.11 bits per heavy atom. The van der Waals surface area contributed by atoms with Crippen molar-refractivity contribution in [3.8, 4) is 5.88 Å². The second kappa shape index (κ2) is 6.85. The van der Waals surface area contributed by atoms with Crippen LogP contribution in [0.2, 0.25) is 0 Å². The zero-order valence-corrected chi connectivity index (χ0v) is 11.8. The molecule has 0 atom stereocenters. The van der Waals surface area contributed by atoms with E-state index in [0.29, 0.717) is 18.2 Å². The van der Waals surface area contributed by atoms with Gasteiger partial charge in [-0.2, -0.15) is 0 Å². The number of halogens is 1. The number of nitrogens with zero attached hydrogens (tertiary/aromatic N) is 1. The van der Waals surface area contributed by atoms with Gasteiger partial charge in [0.2, 0.25) is 0 Å². The van der Waals surface area contributed by atoms with E-state index in [-0.39, 0.29) is 17.8 Å². The van der Waals surface area contributed by atoms with Crippen LogP contribution in [0.5, 0.6) is 5.88 Å².